The quantitative estimate of drug-likeness (QED) is 0.280. The Hall–Kier alpha value is -3.65. The lowest BCUT2D eigenvalue weighted by Crippen LogP contribution is -2.32. The molecule has 8 heteroatoms. The zero-order valence-corrected chi connectivity index (χ0v) is 17.1. The number of carboxylic acids is 1. The second-order valence-corrected chi connectivity index (χ2v) is 8.04. The molecule has 30 heavy (non-hydrogen) atoms. The van der Waals surface area contributed by atoms with Gasteiger partial charge in [0.25, 0.3) is 0 Å². The van der Waals surface area contributed by atoms with E-state index >= 15 is 0 Å². The van der Waals surface area contributed by atoms with E-state index in [1.807, 2.05) is 67.6 Å². The van der Waals surface area contributed by atoms with Gasteiger partial charge in [-0.2, -0.15) is 4.99 Å². The molecule has 0 aliphatic heterocycles. The summed E-state index contributed by atoms with van der Waals surface area (Å²) in [5.74, 6) is -1.02. The molecule has 0 aliphatic rings. The van der Waals surface area contributed by atoms with Crippen molar-refractivity contribution in [2.45, 2.75) is 18.8 Å². The van der Waals surface area contributed by atoms with E-state index in [1.165, 1.54) is 11.3 Å². The number of para-hydroxylation sites is 1. The molecule has 0 amide bonds. The summed E-state index contributed by atoms with van der Waals surface area (Å²) in [7, 11) is 0. The second-order valence-electron chi connectivity index (χ2n) is 7.06. The lowest BCUT2D eigenvalue weighted by molar-refractivity contribution is -0.137. The number of guanidine groups is 1. The molecule has 0 saturated carbocycles. The molecule has 0 bridgehead atoms. The number of nitrogens with one attached hydrogen (secondary N) is 1. The normalized spacial score (nSPS) is 13.1. The van der Waals surface area contributed by atoms with Gasteiger partial charge < -0.3 is 21.6 Å². The van der Waals surface area contributed by atoms with Gasteiger partial charge in [-0.15, -0.1) is 0 Å². The van der Waals surface area contributed by atoms with Crippen molar-refractivity contribution in [3.8, 4) is 0 Å². The molecule has 152 valence electrons. The fraction of sp³-hybridized carbons (Fsp3) is 0.136. The van der Waals surface area contributed by atoms with Crippen LogP contribution >= 0.6 is 11.3 Å². The maximum absolute atomic E-state index is 12.1. The van der Waals surface area contributed by atoms with Crippen LogP contribution in [0.25, 0.3) is 10.9 Å². The van der Waals surface area contributed by atoms with Crippen LogP contribution in [0.3, 0.4) is 0 Å². The maximum atomic E-state index is 12.1. The minimum Gasteiger partial charge on any atom is -0.481 e. The number of aliphatic carboxylic acids is 1. The number of H-pyrrole nitrogens is 1. The summed E-state index contributed by atoms with van der Waals surface area (Å²) in [4.78, 5) is 25.0. The molecule has 0 radical (unpaired) electrons. The Labute approximate surface area is 177 Å². The molecule has 7 nitrogen and oxygen atoms in total. The van der Waals surface area contributed by atoms with Gasteiger partial charge in [-0.05, 0) is 30.0 Å². The van der Waals surface area contributed by atoms with Gasteiger partial charge in [0.15, 0.2) is 5.96 Å². The van der Waals surface area contributed by atoms with Gasteiger partial charge in [0.1, 0.15) is 0 Å². The van der Waals surface area contributed by atoms with Gasteiger partial charge in [0.05, 0.1) is 17.5 Å². The Morgan fingerprint density at radius 3 is 2.53 bits per heavy atom. The number of nitrogens with two attached hydrogens (primary N) is 2. The monoisotopic (exact) mass is 419 g/mol. The molecule has 6 N–H and O–H groups in total. The number of aliphatic imine (C=N–C) groups is 1. The first kappa shape index (κ1) is 19.7. The zero-order chi connectivity index (χ0) is 21.3. The number of hydrogen-bond donors (Lipinski definition) is 4. The van der Waals surface area contributed by atoms with Gasteiger partial charge >= 0.3 is 5.97 Å². The molecule has 0 saturated heterocycles. The molecule has 2 heterocycles. The van der Waals surface area contributed by atoms with E-state index in [2.05, 4.69) is 15.0 Å². The third kappa shape index (κ3) is 3.42. The molecular formula is C22H21N5O2S. The van der Waals surface area contributed by atoms with E-state index in [0.717, 1.165) is 27.0 Å². The second kappa shape index (κ2) is 7.64. The smallest absolute Gasteiger partial charge is 0.305 e. The molecule has 0 aliphatic carbocycles. The predicted octanol–water partition coefficient (Wildman–Crippen LogP) is 3.65. The molecule has 4 rings (SSSR count). The topological polar surface area (TPSA) is 130 Å². The van der Waals surface area contributed by atoms with Gasteiger partial charge in [-0.25, -0.2) is 4.98 Å². The summed E-state index contributed by atoms with van der Waals surface area (Å²) < 4.78 is 0. The summed E-state index contributed by atoms with van der Waals surface area (Å²) in [5.41, 5.74) is 13.3. The van der Waals surface area contributed by atoms with E-state index in [9.17, 15) is 9.90 Å². The molecule has 1 unspecified atom stereocenters. The number of carbonyl (C=O) groups is 1. The highest BCUT2D eigenvalue weighted by molar-refractivity contribution is 7.15. The lowest BCUT2D eigenvalue weighted by Gasteiger charge is -2.32. The minimum absolute atomic E-state index is 0.0931. The van der Waals surface area contributed by atoms with Crippen molar-refractivity contribution in [3.63, 3.8) is 0 Å². The number of nitrogens with zero attached hydrogens (tertiary/aromatic N) is 2. The van der Waals surface area contributed by atoms with Crippen LogP contribution in [0.5, 0.6) is 0 Å². The fourth-order valence-corrected chi connectivity index (χ4v) is 5.06. The Morgan fingerprint density at radius 1 is 1.17 bits per heavy atom. The highest BCUT2D eigenvalue weighted by atomic mass is 32.1. The zero-order valence-electron chi connectivity index (χ0n) is 16.3. The van der Waals surface area contributed by atoms with Crippen molar-refractivity contribution in [2.24, 2.45) is 16.5 Å². The number of aromatic amines is 1. The summed E-state index contributed by atoms with van der Waals surface area (Å²) in [5, 5.41) is 11.4. The first-order valence-electron chi connectivity index (χ1n) is 9.33. The number of fused-ring (bicyclic) bond motifs is 1. The fourth-order valence-electron chi connectivity index (χ4n) is 3.88. The lowest BCUT2D eigenvalue weighted by atomic mass is 9.73. The average Bonchev–Trinajstić information content (AvgIpc) is 3.30. The number of aromatic nitrogens is 2. The van der Waals surface area contributed by atoms with Crippen LogP contribution in [0.15, 0.2) is 65.7 Å². The van der Waals surface area contributed by atoms with Crippen LogP contribution in [-0.2, 0) is 10.2 Å². The molecule has 2 aromatic heterocycles. The van der Waals surface area contributed by atoms with Crippen molar-refractivity contribution in [2.75, 3.05) is 0 Å². The largest absolute Gasteiger partial charge is 0.481 e. The maximum Gasteiger partial charge on any atom is 0.305 e. The first-order valence-corrected chi connectivity index (χ1v) is 10.1. The van der Waals surface area contributed by atoms with Gasteiger partial charge in [0.2, 0.25) is 5.13 Å². The third-order valence-electron chi connectivity index (χ3n) is 5.07. The van der Waals surface area contributed by atoms with Crippen molar-refractivity contribution < 1.29 is 9.90 Å². The summed E-state index contributed by atoms with van der Waals surface area (Å²) >= 11 is 1.29. The molecule has 2 aromatic carbocycles. The number of carboxylic acid groups (broad SMARTS) is 1. The third-order valence-corrected chi connectivity index (χ3v) is 6.28. The van der Waals surface area contributed by atoms with Crippen molar-refractivity contribution >= 4 is 39.3 Å². The summed E-state index contributed by atoms with van der Waals surface area (Å²) in [6, 6.07) is 19.5. The predicted molar refractivity (Wildman–Crippen MR) is 119 cm³/mol. The van der Waals surface area contributed by atoms with Gasteiger partial charge in [-0.1, -0.05) is 59.9 Å². The van der Waals surface area contributed by atoms with Crippen molar-refractivity contribution in [1.82, 2.24) is 9.97 Å². The minimum atomic E-state index is -0.981. The highest BCUT2D eigenvalue weighted by Crippen LogP contribution is 2.47. The number of hydrogen-bond acceptors (Lipinski definition) is 4. The van der Waals surface area contributed by atoms with Crippen LogP contribution in [0.4, 0.5) is 5.13 Å². The Balaban J connectivity index is 2.07. The van der Waals surface area contributed by atoms with Crippen LogP contribution in [0.2, 0.25) is 0 Å². The van der Waals surface area contributed by atoms with Gasteiger partial charge in [-0.3, -0.25) is 4.79 Å². The molecule has 4 aromatic rings. The van der Waals surface area contributed by atoms with Crippen LogP contribution in [0.1, 0.15) is 28.2 Å². The standard InChI is InChI=1S/C22H21N5O2S/c1-13-19(30-21(25-13)27-20(23)24)22(12-18(28)29,15-8-3-2-4-9-15)17-11-14-7-5-6-10-16(14)26-17/h2-11,26H,12H2,1H3,(H,28,29)(H4,23,24,25,27). The number of aryl methyl sites for hydroxylation is 1. The SMILES string of the molecule is Cc1nc(N=C(N)N)sc1C(CC(=O)O)(c1ccccc1)c1cc2ccccc2[nH]1. The van der Waals surface area contributed by atoms with E-state index in [0.29, 0.717) is 10.8 Å². The molecule has 1 atom stereocenters. The van der Waals surface area contributed by atoms with Crippen LogP contribution < -0.4 is 11.5 Å². The van der Waals surface area contributed by atoms with Crippen molar-refractivity contribution in [1.29, 1.82) is 0 Å². The highest BCUT2D eigenvalue weighted by Gasteiger charge is 2.43. The Morgan fingerprint density at radius 2 is 1.87 bits per heavy atom. The summed E-state index contributed by atoms with van der Waals surface area (Å²) in [6.07, 6.45) is -0.159. The van der Waals surface area contributed by atoms with Crippen molar-refractivity contribution in [3.05, 3.63) is 82.5 Å². The Bertz CT molecular complexity index is 1210. The number of thiazole rings is 1. The van der Waals surface area contributed by atoms with Gasteiger partial charge in [0, 0.05) is 16.1 Å². The average molecular weight is 420 g/mol. The Kier molecular flexibility index (Phi) is 5.01. The van der Waals surface area contributed by atoms with Crippen LogP contribution in [-0.4, -0.2) is 27.0 Å². The number of benzene rings is 2. The van der Waals surface area contributed by atoms with E-state index in [-0.39, 0.29) is 12.4 Å². The molecule has 0 fully saturated rings. The summed E-state index contributed by atoms with van der Waals surface area (Å²) in [6.45, 7) is 1.85. The van der Waals surface area contributed by atoms with Crippen LogP contribution in [0, 0.1) is 6.92 Å². The first-order chi connectivity index (χ1) is 14.4. The molecule has 0 spiro atoms. The number of rotatable bonds is 6. The van der Waals surface area contributed by atoms with E-state index in [1.54, 1.807) is 0 Å². The molecular weight excluding hydrogens is 398 g/mol. The van der Waals surface area contributed by atoms with E-state index < -0.39 is 11.4 Å². The van der Waals surface area contributed by atoms with E-state index in [4.69, 9.17) is 11.5 Å².